The molecule has 2 aromatic heterocycles. The van der Waals surface area contributed by atoms with Crippen LogP contribution in [0, 0.1) is 6.92 Å². The van der Waals surface area contributed by atoms with Gasteiger partial charge in [-0.15, -0.1) is 0 Å². The first-order valence-corrected chi connectivity index (χ1v) is 12.5. The van der Waals surface area contributed by atoms with Crippen LogP contribution in [0.5, 0.6) is 0 Å². The van der Waals surface area contributed by atoms with Crippen LogP contribution in [0.4, 0.5) is 42.0 Å². The van der Waals surface area contributed by atoms with E-state index in [9.17, 15) is 22.8 Å². The number of nitrogens with one attached hydrogen (secondary N) is 3. The zero-order chi connectivity index (χ0) is 29.9. The summed E-state index contributed by atoms with van der Waals surface area (Å²) in [6, 6.07) is 17.6. The third-order valence-corrected chi connectivity index (χ3v) is 6.18. The van der Waals surface area contributed by atoms with E-state index in [2.05, 4.69) is 30.9 Å². The zero-order valence-electron chi connectivity index (χ0n) is 22.0. The molecule has 0 spiro atoms. The summed E-state index contributed by atoms with van der Waals surface area (Å²) in [7, 11) is 0. The van der Waals surface area contributed by atoms with Gasteiger partial charge in [0.2, 0.25) is 11.9 Å². The first kappa shape index (κ1) is 27.8. The van der Waals surface area contributed by atoms with Crippen LogP contribution in [0.15, 0.2) is 91.5 Å². The maximum absolute atomic E-state index is 13.1. The molecule has 2 heterocycles. The van der Waals surface area contributed by atoms with Gasteiger partial charge in [0.05, 0.1) is 5.56 Å². The van der Waals surface area contributed by atoms with Crippen molar-refractivity contribution >= 4 is 40.6 Å². The maximum atomic E-state index is 13.1. The fourth-order valence-corrected chi connectivity index (χ4v) is 3.99. The van der Waals surface area contributed by atoms with Gasteiger partial charge in [0.25, 0.3) is 5.91 Å². The number of amides is 2. The Kier molecular flexibility index (Phi) is 7.56. The molecule has 5 aromatic rings. The van der Waals surface area contributed by atoms with Crippen LogP contribution in [0.3, 0.4) is 0 Å². The van der Waals surface area contributed by atoms with Crippen molar-refractivity contribution in [1.82, 2.24) is 19.5 Å². The Morgan fingerprint density at radius 1 is 0.857 bits per heavy atom. The second-order valence-electron chi connectivity index (χ2n) is 9.14. The molecule has 0 bridgehead atoms. The number of benzene rings is 3. The highest BCUT2D eigenvalue weighted by atomic mass is 19.4. The Balaban J connectivity index is 1.33. The Morgan fingerprint density at radius 3 is 2.36 bits per heavy atom. The SMILES string of the molecule is Cc1ccc(NC(=O)c2cccc(C(F)(F)F)c2)cc1Nc1nccn1-c1cc(Nc2ccc(C(N)=O)cc2)ncn1. The van der Waals surface area contributed by atoms with Crippen molar-refractivity contribution in [3.63, 3.8) is 0 Å². The Morgan fingerprint density at radius 2 is 1.62 bits per heavy atom. The summed E-state index contributed by atoms with van der Waals surface area (Å²) in [6.07, 6.45) is 0.102. The van der Waals surface area contributed by atoms with Crippen molar-refractivity contribution in [1.29, 1.82) is 0 Å². The fraction of sp³-hybridized carbons (Fsp3) is 0.0690. The van der Waals surface area contributed by atoms with Gasteiger partial charge in [0.1, 0.15) is 18.0 Å². The normalized spacial score (nSPS) is 11.1. The lowest BCUT2D eigenvalue weighted by Gasteiger charge is -2.14. The van der Waals surface area contributed by atoms with Crippen molar-refractivity contribution in [3.05, 3.63) is 114 Å². The monoisotopic (exact) mass is 572 g/mol. The molecule has 0 atom stereocenters. The quantitative estimate of drug-likeness (QED) is 0.183. The minimum Gasteiger partial charge on any atom is -0.366 e. The second kappa shape index (κ2) is 11.4. The summed E-state index contributed by atoms with van der Waals surface area (Å²) >= 11 is 0. The van der Waals surface area contributed by atoms with Gasteiger partial charge >= 0.3 is 6.18 Å². The van der Waals surface area contributed by atoms with E-state index in [0.29, 0.717) is 40.2 Å². The van der Waals surface area contributed by atoms with E-state index < -0.39 is 23.6 Å². The van der Waals surface area contributed by atoms with E-state index in [1.54, 1.807) is 65.5 Å². The van der Waals surface area contributed by atoms with Gasteiger partial charge in [0, 0.05) is 46.6 Å². The summed E-state index contributed by atoms with van der Waals surface area (Å²) in [5.41, 5.74) is 7.14. The van der Waals surface area contributed by atoms with Crippen molar-refractivity contribution in [2.24, 2.45) is 5.73 Å². The standard InChI is InChI=1S/C29H23F3N8O2/c1-17-5-8-22(38-27(42)19-3-2-4-20(13-19)29(30,31)32)14-23(17)39-28-34-11-12-40(28)25-15-24(35-16-36-25)37-21-9-6-18(7-10-21)26(33)41/h2-16H,1H3,(H2,33,41)(H,34,39)(H,38,42)(H,35,36,37). The van der Waals surface area contributed by atoms with Crippen LogP contribution < -0.4 is 21.7 Å². The average molecular weight is 573 g/mol. The second-order valence-corrected chi connectivity index (χ2v) is 9.14. The number of anilines is 5. The van der Waals surface area contributed by atoms with Gasteiger partial charge in [-0.1, -0.05) is 12.1 Å². The van der Waals surface area contributed by atoms with Gasteiger partial charge in [-0.25, -0.2) is 15.0 Å². The van der Waals surface area contributed by atoms with Crippen LogP contribution in [0.1, 0.15) is 31.8 Å². The van der Waals surface area contributed by atoms with Crippen molar-refractivity contribution < 1.29 is 22.8 Å². The minimum atomic E-state index is -4.56. The lowest BCUT2D eigenvalue weighted by atomic mass is 10.1. The summed E-state index contributed by atoms with van der Waals surface area (Å²) in [4.78, 5) is 37.0. The number of primary amides is 1. The van der Waals surface area contributed by atoms with E-state index in [0.717, 1.165) is 17.7 Å². The molecule has 2 amide bonds. The molecule has 0 aliphatic heterocycles. The highest BCUT2D eigenvalue weighted by Crippen LogP contribution is 2.30. The number of nitrogens with zero attached hydrogens (tertiary/aromatic N) is 4. The Hall–Kier alpha value is -5.72. The first-order valence-electron chi connectivity index (χ1n) is 12.5. The maximum Gasteiger partial charge on any atom is 0.416 e. The smallest absolute Gasteiger partial charge is 0.366 e. The van der Waals surface area contributed by atoms with Crippen molar-refractivity contribution in [2.45, 2.75) is 13.1 Å². The largest absolute Gasteiger partial charge is 0.416 e. The zero-order valence-corrected chi connectivity index (χ0v) is 22.0. The number of halogens is 3. The third kappa shape index (κ3) is 6.36. The van der Waals surface area contributed by atoms with Gasteiger partial charge < -0.3 is 21.7 Å². The van der Waals surface area contributed by atoms with Gasteiger partial charge in [-0.3, -0.25) is 14.2 Å². The molecule has 0 saturated heterocycles. The number of hydrogen-bond donors (Lipinski definition) is 4. The van der Waals surface area contributed by atoms with E-state index >= 15 is 0 Å². The first-order chi connectivity index (χ1) is 20.1. The number of alkyl halides is 3. The molecule has 0 radical (unpaired) electrons. The molecular weight excluding hydrogens is 549 g/mol. The predicted octanol–water partition coefficient (Wildman–Crippen LogP) is 5.83. The molecule has 0 aliphatic carbocycles. The van der Waals surface area contributed by atoms with Crippen LogP contribution in [-0.4, -0.2) is 31.3 Å². The number of rotatable bonds is 8. The van der Waals surface area contributed by atoms with E-state index in [4.69, 9.17) is 5.73 Å². The lowest BCUT2D eigenvalue weighted by molar-refractivity contribution is -0.137. The third-order valence-electron chi connectivity index (χ3n) is 6.18. The topological polar surface area (TPSA) is 140 Å². The molecule has 0 fully saturated rings. The molecule has 5 rings (SSSR count). The molecule has 0 unspecified atom stereocenters. The molecule has 13 heteroatoms. The number of carbonyl (C=O) groups is 2. The number of aryl methyl sites for hydroxylation is 1. The van der Waals surface area contributed by atoms with Gasteiger partial charge in [-0.2, -0.15) is 13.2 Å². The van der Waals surface area contributed by atoms with E-state index in [-0.39, 0.29) is 5.56 Å². The predicted molar refractivity (Wildman–Crippen MR) is 151 cm³/mol. The molecule has 0 aliphatic rings. The average Bonchev–Trinajstić information content (AvgIpc) is 3.43. The summed E-state index contributed by atoms with van der Waals surface area (Å²) in [6.45, 7) is 1.85. The molecule has 3 aromatic carbocycles. The molecular formula is C29H23F3N8O2. The number of imidazole rings is 1. The number of hydrogen-bond acceptors (Lipinski definition) is 7. The lowest BCUT2D eigenvalue weighted by Crippen LogP contribution is -2.14. The molecule has 0 saturated carbocycles. The van der Waals surface area contributed by atoms with Crippen LogP contribution in [0.25, 0.3) is 5.82 Å². The van der Waals surface area contributed by atoms with Gasteiger partial charge in [0.15, 0.2) is 0 Å². The Bertz CT molecular complexity index is 1770. The summed E-state index contributed by atoms with van der Waals surface area (Å²) < 4.78 is 40.9. The highest BCUT2D eigenvalue weighted by molar-refractivity contribution is 6.04. The minimum absolute atomic E-state index is 0.118. The number of nitrogens with two attached hydrogens (primary N) is 1. The molecule has 42 heavy (non-hydrogen) atoms. The Labute approximate surface area is 237 Å². The van der Waals surface area contributed by atoms with Crippen molar-refractivity contribution in [2.75, 3.05) is 16.0 Å². The van der Waals surface area contributed by atoms with Crippen molar-refractivity contribution in [3.8, 4) is 5.82 Å². The van der Waals surface area contributed by atoms with Crippen LogP contribution in [-0.2, 0) is 6.18 Å². The molecule has 5 N–H and O–H groups in total. The summed E-state index contributed by atoms with van der Waals surface area (Å²) in [5.74, 6) is 0.192. The molecule has 212 valence electrons. The van der Waals surface area contributed by atoms with Crippen LogP contribution in [0.2, 0.25) is 0 Å². The highest BCUT2D eigenvalue weighted by Gasteiger charge is 2.31. The number of aromatic nitrogens is 4. The van der Waals surface area contributed by atoms with E-state index in [1.807, 2.05) is 6.92 Å². The summed E-state index contributed by atoms with van der Waals surface area (Å²) in [5, 5.41) is 9.00. The van der Waals surface area contributed by atoms with Crippen LogP contribution >= 0.6 is 0 Å². The van der Waals surface area contributed by atoms with E-state index in [1.165, 1.54) is 18.5 Å². The van der Waals surface area contributed by atoms with Gasteiger partial charge in [-0.05, 0) is 67.1 Å². The fourth-order valence-electron chi connectivity index (χ4n) is 3.99. The number of carbonyl (C=O) groups excluding carboxylic acids is 2. The molecule has 10 nitrogen and oxygen atoms in total.